The summed E-state index contributed by atoms with van der Waals surface area (Å²) in [5, 5.41) is 9.84. The van der Waals surface area contributed by atoms with Crippen LogP contribution in [-0.2, 0) is 0 Å². The molecule has 3 rings (SSSR count). The zero-order valence-corrected chi connectivity index (χ0v) is 13.7. The normalized spacial score (nSPS) is 10.7. The number of amides is 1. The Morgan fingerprint density at radius 1 is 1.23 bits per heavy atom. The van der Waals surface area contributed by atoms with Crippen LogP contribution in [0.2, 0.25) is 5.02 Å². The van der Waals surface area contributed by atoms with Gasteiger partial charge < -0.3 is 5.32 Å². The number of hydrogen-bond acceptors (Lipinski definition) is 3. The lowest BCUT2D eigenvalue weighted by molar-refractivity contribution is 0.103. The lowest BCUT2D eigenvalue weighted by Gasteiger charge is -2.07. The summed E-state index contributed by atoms with van der Waals surface area (Å²) in [6, 6.07) is 11.2. The molecule has 2 heterocycles. The predicted molar refractivity (Wildman–Crippen MR) is 90.3 cm³/mol. The molecule has 0 aliphatic rings. The highest BCUT2D eigenvalue weighted by Crippen LogP contribution is 2.23. The van der Waals surface area contributed by atoms with Crippen molar-refractivity contribution in [2.45, 2.75) is 13.8 Å². The molecule has 3 aromatic rings. The first-order chi connectivity index (χ1) is 10.6. The number of aryl methyl sites for hydroxylation is 1. The summed E-state index contributed by atoms with van der Waals surface area (Å²) in [6.45, 7) is 3.80. The molecule has 0 bridgehead atoms. The number of aromatic nitrogens is 2. The number of thiophene rings is 1. The third-order valence-corrected chi connectivity index (χ3v) is 4.73. The van der Waals surface area contributed by atoms with Gasteiger partial charge in [0.05, 0.1) is 27.0 Å². The zero-order valence-electron chi connectivity index (χ0n) is 12.1. The average Bonchev–Trinajstić information content (AvgIpc) is 3.13. The summed E-state index contributed by atoms with van der Waals surface area (Å²) in [4.78, 5) is 12.7. The van der Waals surface area contributed by atoms with Gasteiger partial charge in [-0.3, -0.25) is 4.79 Å². The Labute approximate surface area is 137 Å². The Kier molecular flexibility index (Phi) is 4.00. The summed E-state index contributed by atoms with van der Waals surface area (Å²) in [5.41, 5.74) is 3.35. The lowest BCUT2D eigenvalue weighted by atomic mass is 10.2. The van der Waals surface area contributed by atoms with E-state index in [0.29, 0.717) is 9.90 Å². The SMILES string of the molecule is Cc1nn(-c2ccc(NC(=O)c3cccs3)cc2)c(C)c1Cl. The molecule has 0 unspecified atom stereocenters. The number of nitrogens with one attached hydrogen (secondary N) is 1. The molecular weight excluding hydrogens is 318 g/mol. The summed E-state index contributed by atoms with van der Waals surface area (Å²) in [7, 11) is 0. The van der Waals surface area contributed by atoms with Crippen molar-refractivity contribution in [1.82, 2.24) is 9.78 Å². The van der Waals surface area contributed by atoms with E-state index in [1.807, 2.05) is 49.6 Å². The van der Waals surface area contributed by atoms with Crippen molar-refractivity contribution in [1.29, 1.82) is 0 Å². The van der Waals surface area contributed by atoms with Gasteiger partial charge in [-0.15, -0.1) is 11.3 Å². The van der Waals surface area contributed by atoms with Crippen LogP contribution >= 0.6 is 22.9 Å². The van der Waals surface area contributed by atoms with E-state index in [9.17, 15) is 4.79 Å². The zero-order chi connectivity index (χ0) is 15.7. The Hall–Kier alpha value is -2.11. The molecule has 1 amide bonds. The van der Waals surface area contributed by atoms with Crippen molar-refractivity contribution >= 4 is 34.5 Å². The minimum absolute atomic E-state index is 0.100. The van der Waals surface area contributed by atoms with Crippen LogP contribution in [0, 0.1) is 13.8 Å². The number of carbonyl (C=O) groups is 1. The molecule has 0 saturated heterocycles. The third kappa shape index (κ3) is 2.77. The summed E-state index contributed by atoms with van der Waals surface area (Å²) < 4.78 is 1.79. The second kappa shape index (κ2) is 5.94. The van der Waals surface area contributed by atoms with Crippen LogP contribution in [0.1, 0.15) is 21.1 Å². The van der Waals surface area contributed by atoms with Gasteiger partial charge in [0.25, 0.3) is 5.91 Å². The Morgan fingerprint density at radius 2 is 1.95 bits per heavy atom. The van der Waals surface area contributed by atoms with E-state index in [0.717, 1.165) is 22.8 Å². The average molecular weight is 332 g/mol. The van der Waals surface area contributed by atoms with Gasteiger partial charge in [0.2, 0.25) is 0 Å². The fourth-order valence-electron chi connectivity index (χ4n) is 2.16. The molecule has 0 fully saturated rings. The van der Waals surface area contributed by atoms with Crippen LogP contribution in [0.5, 0.6) is 0 Å². The molecule has 22 heavy (non-hydrogen) atoms. The summed E-state index contributed by atoms with van der Waals surface area (Å²) in [6.07, 6.45) is 0. The van der Waals surface area contributed by atoms with Crippen molar-refractivity contribution in [3.8, 4) is 5.69 Å². The molecule has 4 nitrogen and oxygen atoms in total. The van der Waals surface area contributed by atoms with Crippen LogP contribution in [0.4, 0.5) is 5.69 Å². The molecule has 0 saturated carbocycles. The van der Waals surface area contributed by atoms with Crippen LogP contribution in [0.3, 0.4) is 0 Å². The standard InChI is InChI=1S/C16H14ClN3OS/c1-10-15(17)11(2)20(19-10)13-7-5-12(6-8-13)18-16(21)14-4-3-9-22-14/h3-9H,1-2H3,(H,18,21). The second-order valence-electron chi connectivity index (χ2n) is 4.87. The predicted octanol–water partition coefficient (Wildman–Crippen LogP) is 4.46. The number of carbonyl (C=O) groups excluding carboxylic acids is 1. The third-order valence-electron chi connectivity index (χ3n) is 3.32. The number of halogens is 1. The highest BCUT2D eigenvalue weighted by molar-refractivity contribution is 7.12. The fraction of sp³-hybridized carbons (Fsp3) is 0.125. The molecule has 0 aliphatic heterocycles. The maximum absolute atomic E-state index is 12.0. The molecule has 0 radical (unpaired) electrons. The quantitative estimate of drug-likeness (QED) is 0.770. The fourth-order valence-corrected chi connectivity index (χ4v) is 2.90. The van der Waals surface area contributed by atoms with E-state index in [1.54, 1.807) is 10.7 Å². The van der Waals surface area contributed by atoms with Gasteiger partial charge in [-0.05, 0) is 49.6 Å². The molecule has 6 heteroatoms. The molecule has 2 aromatic heterocycles. The number of hydrogen-bond donors (Lipinski definition) is 1. The molecule has 1 N–H and O–H groups in total. The number of nitrogens with zero attached hydrogens (tertiary/aromatic N) is 2. The Bertz CT molecular complexity index is 807. The number of rotatable bonds is 3. The van der Waals surface area contributed by atoms with Gasteiger partial charge in [-0.25, -0.2) is 4.68 Å². The molecule has 112 valence electrons. The largest absolute Gasteiger partial charge is 0.321 e. The Balaban J connectivity index is 1.81. The minimum atomic E-state index is -0.100. The molecule has 0 atom stereocenters. The van der Waals surface area contributed by atoms with Crippen LogP contribution in [0.25, 0.3) is 5.69 Å². The van der Waals surface area contributed by atoms with E-state index in [2.05, 4.69) is 10.4 Å². The van der Waals surface area contributed by atoms with Crippen molar-refractivity contribution in [2.75, 3.05) is 5.32 Å². The van der Waals surface area contributed by atoms with E-state index in [4.69, 9.17) is 11.6 Å². The van der Waals surface area contributed by atoms with Crippen LogP contribution < -0.4 is 5.32 Å². The number of benzene rings is 1. The monoisotopic (exact) mass is 331 g/mol. The second-order valence-corrected chi connectivity index (χ2v) is 6.20. The van der Waals surface area contributed by atoms with Gasteiger partial charge in [0.15, 0.2) is 0 Å². The first kappa shape index (κ1) is 14.8. The van der Waals surface area contributed by atoms with Crippen molar-refractivity contribution in [3.63, 3.8) is 0 Å². The maximum Gasteiger partial charge on any atom is 0.265 e. The Morgan fingerprint density at radius 3 is 2.50 bits per heavy atom. The number of anilines is 1. The molecule has 1 aromatic carbocycles. The smallest absolute Gasteiger partial charge is 0.265 e. The van der Waals surface area contributed by atoms with Gasteiger partial charge in [0, 0.05) is 5.69 Å². The molecular formula is C16H14ClN3OS. The minimum Gasteiger partial charge on any atom is -0.321 e. The first-order valence-electron chi connectivity index (χ1n) is 6.73. The summed E-state index contributed by atoms with van der Waals surface area (Å²) in [5.74, 6) is -0.100. The van der Waals surface area contributed by atoms with E-state index in [-0.39, 0.29) is 5.91 Å². The molecule has 0 spiro atoms. The van der Waals surface area contributed by atoms with Gasteiger partial charge in [-0.1, -0.05) is 17.7 Å². The van der Waals surface area contributed by atoms with Crippen molar-refractivity contribution < 1.29 is 4.79 Å². The van der Waals surface area contributed by atoms with Crippen LogP contribution in [0.15, 0.2) is 41.8 Å². The maximum atomic E-state index is 12.0. The van der Waals surface area contributed by atoms with Crippen molar-refractivity contribution in [3.05, 3.63) is 63.1 Å². The van der Waals surface area contributed by atoms with Crippen LogP contribution in [-0.4, -0.2) is 15.7 Å². The van der Waals surface area contributed by atoms with E-state index in [1.165, 1.54) is 11.3 Å². The lowest BCUT2D eigenvalue weighted by Crippen LogP contribution is -2.10. The van der Waals surface area contributed by atoms with Gasteiger partial charge >= 0.3 is 0 Å². The van der Waals surface area contributed by atoms with Gasteiger partial charge in [-0.2, -0.15) is 5.10 Å². The van der Waals surface area contributed by atoms with Crippen molar-refractivity contribution in [2.24, 2.45) is 0 Å². The van der Waals surface area contributed by atoms with Gasteiger partial charge in [0.1, 0.15) is 0 Å². The summed E-state index contributed by atoms with van der Waals surface area (Å²) >= 11 is 7.58. The highest BCUT2D eigenvalue weighted by Gasteiger charge is 2.11. The molecule has 0 aliphatic carbocycles. The van der Waals surface area contributed by atoms with E-state index >= 15 is 0 Å². The highest BCUT2D eigenvalue weighted by atomic mass is 35.5. The topological polar surface area (TPSA) is 46.9 Å². The van der Waals surface area contributed by atoms with E-state index < -0.39 is 0 Å². The first-order valence-corrected chi connectivity index (χ1v) is 7.99.